The van der Waals surface area contributed by atoms with Crippen LogP contribution in [-0.4, -0.2) is 46.1 Å². The average molecular weight is 291 g/mol. The van der Waals surface area contributed by atoms with Crippen molar-refractivity contribution in [1.82, 2.24) is 4.90 Å². The molecule has 1 saturated heterocycles. The molecule has 3 unspecified atom stereocenters. The second-order valence-corrected chi connectivity index (χ2v) is 5.49. The molecular weight excluding hydrogens is 270 g/mol. The predicted octanol–water partition coefficient (Wildman–Crippen LogP) is 0.746. The van der Waals surface area contributed by atoms with Gasteiger partial charge in [0.05, 0.1) is 6.10 Å². The van der Waals surface area contributed by atoms with Crippen LogP contribution in [0.3, 0.4) is 0 Å². The van der Waals surface area contributed by atoms with Gasteiger partial charge >= 0.3 is 0 Å². The SMILES string of the molecule is CC1CN(C(=O)C(/C(N)=N/O)c2ccccc2)CCC1O. The van der Waals surface area contributed by atoms with Crippen molar-refractivity contribution in [2.24, 2.45) is 16.8 Å². The third kappa shape index (κ3) is 3.33. The van der Waals surface area contributed by atoms with Crippen LogP contribution in [0.5, 0.6) is 0 Å². The molecule has 3 atom stereocenters. The Kier molecular flexibility index (Phi) is 4.80. The summed E-state index contributed by atoms with van der Waals surface area (Å²) in [6.07, 6.45) is 0.165. The van der Waals surface area contributed by atoms with Crippen LogP contribution in [0.1, 0.15) is 24.8 Å². The number of benzene rings is 1. The largest absolute Gasteiger partial charge is 0.409 e. The van der Waals surface area contributed by atoms with Crippen molar-refractivity contribution in [1.29, 1.82) is 0 Å². The zero-order chi connectivity index (χ0) is 15.4. The van der Waals surface area contributed by atoms with E-state index < -0.39 is 5.92 Å². The van der Waals surface area contributed by atoms with Gasteiger partial charge in [-0.2, -0.15) is 0 Å². The van der Waals surface area contributed by atoms with Gasteiger partial charge in [-0.15, -0.1) is 0 Å². The maximum atomic E-state index is 12.7. The Morgan fingerprint density at radius 3 is 2.67 bits per heavy atom. The smallest absolute Gasteiger partial charge is 0.237 e. The standard InChI is InChI=1S/C15H21N3O3/c1-10-9-18(8-7-12(10)19)15(20)13(14(16)17-21)11-5-3-2-4-6-11/h2-6,10,12-13,19,21H,7-9H2,1H3,(H2,16,17). The summed E-state index contributed by atoms with van der Waals surface area (Å²) in [4.78, 5) is 14.4. The molecule has 1 aromatic rings. The van der Waals surface area contributed by atoms with Crippen molar-refractivity contribution < 1.29 is 15.1 Å². The highest BCUT2D eigenvalue weighted by Gasteiger charge is 2.34. The Morgan fingerprint density at radius 2 is 2.10 bits per heavy atom. The fourth-order valence-electron chi connectivity index (χ4n) is 2.66. The Balaban J connectivity index is 2.24. The minimum atomic E-state index is -0.793. The van der Waals surface area contributed by atoms with Crippen LogP contribution < -0.4 is 5.73 Å². The van der Waals surface area contributed by atoms with Gasteiger partial charge in [-0.05, 0) is 17.9 Å². The third-order valence-electron chi connectivity index (χ3n) is 3.96. The van der Waals surface area contributed by atoms with Crippen LogP contribution in [0.25, 0.3) is 0 Å². The molecule has 0 aromatic heterocycles. The molecule has 0 spiro atoms. The van der Waals surface area contributed by atoms with E-state index in [0.29, 0.717) is 25.1 Å². The Labute approximate surface area is 123 Å². The van der Waals surface area contributed by atoms with Gasteiger partial charge < -0.3 is 20.9 Å². The summed E-state index contributed by atoms with van der Waals surface area (Å²) >= 11 is 0. The van der Waals surface area contributed by atoms with Gasteiger partial charge in [0.15, 0.2) is 5.84 Å². The highest BCUT2D eigenvalue weighted by atomic mass is 16.4. The monoisotopic (exact) mass is 291 g/mol. The van der Waals surface area contributed by atoms with Gasteiger partial charge in [0.2, 0.25) is 5.91 Å². The van der Waals surface area contributed by atoms with Crippen LogP contribution in [-0.2, 0) is 4.79 Å². The highest BCUT2D eigenvalue weighted by molar-refractivity contribution is 6.07. The topological polar surface area (TPSA) is 99.2 Å². The molecule has 6 nitrogen and oxygen atoms in total. The number of carbonyl (C=O) groups excluding carboxylic acids is 1. The first-order valence-corrected chi connectivity index (χ1v) is 7.03. The summed E-state index contributed by atoms with van der Waals surface area (Å²) in [5, 5.41) is 21.7. The molecule has 0 radical (unpaired) electrons. The molecule has 1 aliphatic heterocycles. The minimum absolute atomic E-state index is 0.0198. The van der Waals surface area contributed by atoms with Crippen molar-refractivity contribution in [3.05, 3.63) is 35.9 Å². The number of amides is 1. The molecular formula is C15H21N3O3. The number of amidine groups is 1. The predicted molar refractivity (Wildman–Crippen MR) is 79.0 cm³/mol. The van der Waals surface area contributed by atoms with Gasteiger partial charge in [0, 0.05) is 13.1 Å². The summed E-state index contributed by atoms with van der Waals surface area (Å²) in [6.45, 7) is 2.86. The van der Waals surface area contributed by atoms with E-state index in [9.17, 15) is 9.90 Å². The molecule has 1 aliphatic rings. The second kappa shape index (κ2) is 6.58. The van der Waals surface area contributed by atoms with Crippen molar-refractivity contribution in [2.45, 2.75) is 25.4 Å². The first kappa shape index (κ1) is 15.3. The first-order valence-electron chi connectivity index (χ1n) is 7.03. The van der Waals surface area contributed by atoms with E-state index in [1.165, 1.54) is 0 Å². The van der Waals surface area contributed by atoms with Gasteiger partial charge in [0.1, 0.15) is 5.92 Å². The summed E-state index contributed by atoms with van der Waals surface area (Å²) in [6, 6.07) is 9.02. The zero-order valence-electron chi connectivity index (χ0n) is 12.0. The number of aliphatic hydroxyl groups excluding tert-OH is 1. The summed E-state index contributed by atoms with van der Waals surface area (Å²) < 4.78 is 0. The maximum absolute atomic E-state index is 12.7. The number of piperidine rings is 1. The Morgan fingerprint density at radius 1 is 1.43 bits per heavy atom. The Hall–Kier alpha value is -2.08. The molecule has 6 heteroatoms. The molecule has 2 rings (SSSR count). The van der Waals surface area contributed by atoms with Crippen LogP contribution in [0.4, 0.5) is 0 Å². The number of nitrogens with two attached hydrogens (primary N) is 1. The lowest BCUT2D eigenvalue weighted by Gasteiger charge is -2.36. The van der Waals surface area contributed by atoms with Gasteiger partial charge in [0.25, 0.3) is 0 Å². The number of rotatable bonds is 3. The molecule has 114 valence electrons. The van der Waals surface area contributed by atoms with E-state index in [2.05, 4.69) is 5.16 Å². The number of likely N-dealkylation sites (tertiary alicyclic amines) is 1. The van der Waals surface area contributed by atoms with E-state index in [-0.39, 0.29) is 23.8 Å². The lowest BCUT2D eigenvalue weighted by Crippen LogP contribution is -2.48. The second-order valence-electron chi connectivity index (χ2n) is 5.49. The number of aliphatic hydroxyl groups is 1. The van der Waals surface area contributed by atoms with Crippen molar-refractivity contribution in [3.8, 4) is 0 Å². The fourth-order valence-corrected chi connectivity index (χ4v) is 2.66. The third-order valence-corrected chi connectivity index (χ3v) is 3.96. The molecule has 0 saturated carbocycles. The molecule has 21 heavy (non-hydrogen) atoms. The maximum Gasteiger partial charge on any atom is 0.237 e. The number of oxime groups is 1. The molecule has 1 aromatic carbocycles. The number of carbonyl (C=O) groups is 1. The van der Waals surface area contributed by atoms with Crippen LogP contribution >= 0.6 is 0 Å². The van der Waals surface area contributed by atoms with E-state index in [0.717, 1.165) is 0 Å². The molecule has 1 fully saturated rings. The van der Waals surface area contributed by atoms with Gasteiger partial charge in [-0.1, -0.05) is 42.4 Å². The Bertz CT molecular complexity index is 518. The molecule has 1 heterocycles. The normalized spacial score (nSPS) is 24.7. The lowest BCUT2D eigenvalue weighted by molar-refractivity contribution is -0.134. The molecule has 0 aliphatic carbocycles. The quantitative estimate of drug-likeness (QED) is 0.331. The number of nitrogens with zero attached hydrogens (tertiary/aromatic N) is 2. The molecule has 4 N–H and O–H groups in total. The summed E-state index contributed by atoms with van der Waals surface area (Å²) in [5.74, 6) is -1.09. The minimum Gasteiger partial charge on any atom is -0.409 e. The van der Waals surface area contributed by atoms with Crippen molar-refractivity contribution in [3.63, 3.8) is 0 Å². The number of hydrogen-bond donors (Lipinski definition) is 3. The molecule has 0 bridgehead atoms. The number of hydrogen-bond acceptors (Lipinski definition) is 4. The van der Waals surface area contributed by atoms with Crippen LogP contribution in [0.15, 0.2) is 35.5 Å². The van der Waals surface area contributed by atoms with Crippen molar-refractivity contribution >= 4 is 11.7 Å². The van der Waals surface area contributed by atoms with Gasteiger partial charge in [-0.3, -0.25) is 4.79 Å². The first-order chi connectivity index (χ1) is 10.0. The average Bonchev–Trinajstić information content (AvgIpc) is 2.51. The zero-order valence-corrected chi connectivity index (χ0v) is 12.0. The molecule has 1 amide bonds. The van der Waals surface area contributed by atoms with Gasteiger partial charge in [-0.25, -0.2) is 0 Å². The lowest BCUT2D eigenvalue weighted by atomic mass is 9.92. The van der Waals surface area contributed by atoms with E-state index in [1.807, 2.05) is 25.1 Å². The van der Waals surface area contributed by atoms with Crippen molar-refractivity contribution in [2.75, 3.05) is 13.1 Å². The fraction of sp³-hybridized carbons (Fsp3) is 0.467. The van der Waals surface area contributed by atoms with Crippen LogP contribution in [0.2, 0.25) is 0 Å². The van der Waals surface area contributed by atoms with E-state index in [1.54, 1.807) is 17.0 Å². The summed E-state index contributed by atoms with van der Waals surface area (Å²) in [5.41, 5.74) is 6.41. The van der Waals surface area contributed by atoms with E-state index in [4.69, 9.17) is 10.9 Å². The van der Waals surface area contributed by atoms with E-state index >= 15 is 0 Å². The summed E-state index contributed by atoms with van der Waals surface area (Å²) in [7, 11) is 0. The van der Waals surface area contributed by atoms with Crippen LogP contribution in [0, 0.1) is 5.92 Å². The highest BCUT2D eigenvalue weighted by Crippen LogP contribution is 2.23.